The number of anilines is 1. The molecule has 0 spiro atoms. The van der Waals surface area contributed by atoms with Gasteiger partial charge in [0.1, 0.15) is 18.1 Å². The summed E-state index contributed by atoms with van der Waals surface area (Å²) in [6, 6.07) is 0. The lowest BCUT2D eigenvalue weighted by molar-refractivity contribution is 0.00866. The van der Waals surface area contributed by atoms with Gasteiger partial charge in [0.15, 0.2) is 11.5 Å². The van der Waals surface area contributed by atoms with E-state index in [9.17, 15) is 0 Å². The van der Waals surface area contributed by atoms with Gasteiger partial charge >= 0.3 is 0 Å². The minimum absolute atomic E-state index is 0.0529. The van der Waals surface area contributed by atoms with E-state index < -0.39 is 0 Å². The number of imidazole rings is 1. The van der Waals surface area contributed by atoms with Crippen LogP contribution in [0, 0.1) is 0 Å². The number of aromatic nitrogens is 4. The minimum atomic E-state index is -0.0529. The quantitative estimate of drug-likeness (QED) is 0.760. The second kappa shape index (κ2) is 3.94. The highest BCUT2D eigenvalue weighted by atomic mass is 16.5. The van der Waals surface area contributed by atoms with E-state index >= 15 is 0 Å². The summed E-state index contributed by atoms with van der Waals surface area (Å²) in [5, 5.41) is 0. The summed E-state index contributed by atoms with van der Waals surface area (Å²) in [6.45, 7) is 0.542. The van der Waals surface area contributed by atoms with Crippen LogP contribution in [-0.4, -0.2) is 32.2 Å². The first-order chi connectivity index (χ1) is 8.29. The Morgan fingerprint density at radius 1 is 1.35 bits per heavy atom. The summed E-state index contributed by atoms with van der Waals surface area (Å²) in [4.78, 5) is 12.3. The summed E-state index contributed by atoms with van der Waals surface area (Å²) >= 11 is 0. The molecule has 0 aromatic carbocycles. The van der Waals surface area contributed by atoms with Gasteiger partial charge in [-0.2, -0.15) is 0 Å². The smallest absolute Gasteiger partial charge is 0.167 e. The number of fused-ring (bicyclic) bond motifs is 1. The summed E-state index contributed by atoms with van der Waals surface area (Å²) < 4.78 is 7.69. The molecular weight excluding hydrogens is 220 g/mol. The van der Waals surface area contributed by atoms with E-state index in [1.54, 1.807) is 6.33 Å². The average Bonchev–Trinajstić information content (AvgIpc) is 2.94. The van der Waals surface area contributed by atoms with Crippen LogP contribution in [-0.2, 0) is 4.74 Å². The van der Waals surface area contributed by atoms with Crippen molar-refractivity contribution in [2.45, 2.75) is 25.2 Å². The van der Waals surface area contributed by atoms with Crippen molar-refractivity contribution in [2.24, 2.45) is 5.73 Å². The molecule has 1 aliphatic heterocycles. The molecule has 4 N–H and O–H groups in total. The van der Waals surface area contributed by atoms with Crippen molar-refractivity contribution in [2.75, 3.05) is 12.3 Å². The van der Waals surface area contributed by atoms with Gasteiger partial charge in [0.25, 0.3) is 0 Å². The van der Waals surface area contributed by atoms with Crippen LogP contribution in [0.3, 0.4) is 0 Å². The van der Waals surface area contributed by atoms with Gasteiger partial charge in [0, 0.05) is 6.54 Å². The van der Waals surface area contributed by atoms with E-state index in [2.05, 4.69) is 15.0 Å². The van der Waals surface area contributed by atoms with Crippen molar-refractivity contribution in [1.29, 1.82) is 0 Å². The van der Waals surface area contributed by atoms with Crippen LogP contribution in [0.2, 0.25) is 0 Å². The second-order valence-corrected chi connectivity index (χ2v) is 4.11. The molecule has 0 saturated carbocycles. The van der Waals surface area contributed by atoms with Crippen molar-refractivity contribution >= 4 is 17.0 Å². The van der Waals surface area contributed by atoms with E-state index in [0.717, 1.165) is 12.8 Å². The molecular formula is C10H14N6O. The first-order valence-electron chi connectivity index (χ1n) is 5.58. The van der Waals surface area contributed by atoms with Crippen molar-refractivity contribution in [1.82, 2.24) is 19.5 Å². The fourth-order valence-electron chi connectivity index (χ4n) is 2.15. The van der Waals surface area contributed by atoms with Gasteiger partial charge in [-0.3, -0.25) is 4.57 Å². The summed E-state index contributed by atoms with van der Waals surface area (Å²) in [5.74, 6) is 0.391. The first kappa shape index (κ1) is 10.4. The molecule has 0 aliphatic carbocycles. The molecule has 2 aromatic rings. The van der Waals surface area contributed by atoms with Gasteiger partial charge < -0.3 is 16.2 Å². The molecule has 1 fully saturated rings. The third-order valence-electron chi connectivity index (χ3n) is 3.05. The molecule has 2 aromatic heterocycles. The molecule has 7 heteroatoms. The van der Waals surface area contributed by atoms with Crippen LogP contribution in [0.1, 0.15) is 19.1 Å². The summed E-state index contributed by atoms with van der Waals surface area (Å²) in [7, 11) is 0. The Hall–Kier alpha value is -1.73. The largest absolute Gasteiger partial charge is 0.382 e. The Morgan fingerprint density at radius 2 is 2.24 bits per heavy atom. The highest BCUT2D eigenvalue weighted by Gasteiger charge is 2.27. The van der Waals surface area contributed by atoms with Gasteiger partial charge in [0.05, 0.1) is 12.4 Å². The van der Waals surface area contributed by atoms with Crippen LogP contribution in [0.25, 0.3) is 11.2 Å². The van der Waals surface area contributed by atoms with Gasteiger partial charge in [-0.25, -0.2) is 15.0 Å². The number of rotatable bonds is 2. The van der Waals surface area contributed by atoms with Crippen molar-refractivity contribution in [3.05, 3.63) is 12.7 Å². The maximum atomic E-state index is 5.80. The van der Waals surface area contributed by atoms with Gasteiger partial charge in [-0.05, 0) is 12.8 Å². The Balaban J connectivity index is 1.99. The van der Waals surface area contributed by atoms with Crippen molar-refractivity contribution < 1.29 is 4.74 Å². The first-order valence-corrected chi connectivity index (χ1v) is 5.58. The number of hydrogen-bond donors (Lipinski definition) is 2. The lowest BCUT2D eigenvalue weighted by atomic mass is 10.2. The van der Waals surface area contributed by atoms with E-state index in [1.807, 2.05) is 4.57 Å². The molecule has 1 aliphatic rings. The highest BCUT2D eigenvalue weighted by Crippen LogP contribution is 2.30. The number of nitrogen functional groups attached to an aromatic ring is 1. The Labute approximate surface area is 97.8 Å². The predicted molar refractivity (Wildman–Crippen MR) is 61.9 cm³/mol. The maximum absolute atomic E-state index is 5.80. The number of nitrogens with two attached hydrogens (primary N) is 2. The summed E-state index contributed by atoms with van der Waals surface area (Å²) in [5.41, 5.74) is 12.7. The molecule has 0 bridgehead atoms. The third kappa shape index (κ3) is 1.63. The fraction of sp³-hybridized carbons (Fsp3) is 0.500. The molecule has 0 radical (unpaired) electrons. The number of ether oxygens (including phenoxy) is 1. The molecule has 0 amide bonds. The molecule has 17 heavy (non-hydrogen) atoms. The zero-order valence-corrected chi connectivity index (χ0v) is 9.28. The Kier molecular flexibility index (Phi) is 2.41. The van der Waals surface area contributed by atoms with E-state index in [1.165, 1.54) is 6.33 Å². The van der Waals surface area contributed by atoms with Gasteiger partial charge in [-0.1, -0.05) is 0 Å². The number of hydrogen-bond acceptors (Lipinski definition) is 6. The fourth-order valence-corrected chi connectivity index (χ4v) is 2.15. The average molecular weight is 234 g/mol. The van der Waals surface area contributed by atoms with E-state index in [-0.39, 0.29) is 12.3 Å². The van der Waals surface area contributed by atoms with E-state index in [4.69, 9.17) is 16.2 Å². The standard InChI is InChI=1S/C10H14N6O/c11-3-6-1-2-7(17-6)16-5-15-8-9(12)13-4-14-10(8)16/h4-7H,1-3,11H2,(H2,12,13,14)/t6?,7-/m1/s1. The molecule has 1 unspecified atom stereocenters. The SMILES string of the molecule is NCC1CC[C@H](n2cnc3c(N)ncnc32)O1. The van der Waals surface area contributed by atoms with Crippen LogP contribution in [0.4, 0.5) is 5.82 Å². The zero-order valence-electron chi connectivity index (χ0n) is 9.28. The lowest BCUT2D eigenvalue weighted by Crippen LogP contribution is -2.20. The van der Waals surface area contributed by atoms with E-state index in [0.29, 0.717) is 23.5 Å². The second-order valence-electron chi connectivity index (χ2n) is 4.11. The van der Waals surface area contributed by atoms with Crippen LogP contribution < -0.4 is 11.5 Å². The molecule has 3 rings (SSSR count). The monoisotopic (exact) mass is 234 g/mol. The van der Waals surface area contributed by atoms with Gasteiger partial charge in [0.2, 0.25) is 0 Å². The van der Waals surface area contributed by atoms with Crippen LogP contribution in [0.5, 0.6) is 0 Å². The normalized spacial score (nSPS) is 24.5. The zero-order chi connectivity index (χ0) is 11.8. The van der Waals surface area contributed by atoms with Gasteiger partial charge in [-0.15, -0.1) is 0 Å². The topological polar surface area (TPSA) is 105 Å². The molecule has 1 saturated heterocycles. The lowest BCUT2D eigenvalue weighted by Gasteiger charge is -2.13. The maximum Gasteiger partial charge on any atom is 0.167 e. The molecule has 90 valence electrons. The van der Waals surface area contributed by atoms with Crippen LogP contribution >= 0.6 is 0 Å². The third-order valence-corrected chi connectivity index (χ3v) is 3.05. The van der Waals surface area contributed by atoms with Crippen LogP contribution in [0.15, 0.2) is 12.7 Å². The number of nitrogens with zero attached hydrogens (tertiary/aromatic N) is 4. The Bertz CT molecular complexity index is 539. The predicted octanol–water partition coefficient (Wildman–Crippen LogP) is 0.0448. The molecule has 3 heterocycles. The summed E-state index contributed by atoms with van der Waals surface area (Å²) in [6.07, 6.45) is 5.07. The van der Waals surface area contributed by atoms with Crippen molar-refractivity contribution in [3.8, 4) is 0 Å². The molecule has 2 atom stereocenters. The Morgan fingerprint density at radius 3 is 3.00 bits per heavy atom. The highest BCUT2D eigenvalue weighted by molar-refractivity contribution is 5.81. The molecule has 7 nitrogen and oxygen atoms in total. The van der Waals surface area contributed by atoms with Crippen molar-refractivity contribution in [3.63, 3.8) is 0 Å². The minimum Gasteiger partial charge on any atom is -0.382 e.